The molecule has 0 radical (unpaired) electrons. The summed E-state index contributed by atoms with van der Waals surface area (Å²) in [5.74, 6) is -0.330. The van der Waals surface area contributed by atoms with Gasteiger partial charge >= 0.3 is 6.09 Å². The van der Waals surface area contributed by atoms with E-state index < -0.39 is 11.7 Å². The van der Waals surface area contributed by atoms with Gasteiger partial charge in [0.25, 0.3) is 0 Å². The Morgan fingerprint density at radius 3 is 2.43 bits per heavy atom. The number of benzene rings is 1. The number of nitrogens with one attached hydrogen (secondary N) is 3. The molecule has 30 heavy (non-hydrogen) atoms. The summed E-state index contributed by atoms with van der Waals surface area (Å²) in [7, 11) is 0. The van der Waals surface area contributed by atoms with E-state index in [2.05, 4.69) is 16.0 Å². The summed E-state index contributed by atoms with van der Waals surface area (Å²) in [5, 5.41) is 8.30. The van der Waals surface area contributed by atoms with Crippen LogP contribution in [-0.4, -0.2) is 30.1 Å². The maximum absolute atomic E-state index is 12.3. The molecule has 7 nitrogen and oxygen atoms in total. The van der Waals surface area contributed by atoms with E-state index in [0.29, 0.717) is 5.69 Å². The summed E-state index contributed by atoms with van der Waals surface area (Å²) in [4.78, 5) is 36.0. The van der Waals surface area contributed by atoms with Crippen LogP contribution < -0.4 is 16.0 Å². The summed E-state index contributed by atoms with van der Waals surface area (Å²) in [5.41, 5.74) is 2.12. The highest BCUT2D eigenvalue weighted by Gasteiger charge is 2.16. The van der Waals surface area contributed by atoms with Gasteiger partial charge in [-0.15, -0.1) is 0 Å². The molecule has 0 saturated heterocycles. The SMILES string of the molecule is CC(C)(C)OC(=O)NCCC(=O)NCc1ccccc1NC(=O)C=C1CCCCC1. The lowest BCUT2D eigenvalue weighted by molar-refractivity contribution is -0.121. The number of para-hydroxylation sites is 1. The van der Waals surface area contributed by atoms with Crippen LogP contribution in [0.15, 0.2) is 35.9 Å². The Kier molecular flexibility index (Phi) is 8.89. The van der Waals surface area contributed by atoms with Crippen LogP contribution in [0.1, 0.15) is 64.9 Å². The number of hydrogen-bond donors (Lipinski definition) is 3. The number of hydrogen-bond acceptors (Lipinski definition) is 4. The zero-order valence-electron chi connectivity index (χ0n) is 18.2. The third-order valence-corrected chi connectivity index (χ3v) is 4.60. The topological polar surface area (TPSA) is 96.5 Å². The molecule has 3 N–H and O–H groups in total. The second-order valence-electron chi connectivity index (χ2n) is 8.47. The van der Waals surface area contributed by atoms with E-state index in [1.807, 2.05) is 24.3 Å². The predicted octanol–water partition coefficient (Wildman–Crippen LogP) is 4.05. The minimum Gasteiger partial charge on any atom is -0.444 e. The average molecular weight is 416 g/mol. The fraction of sp³-hybridized carbons (Fsp3) is 0.522. The van der Waals surface area contributed by atoms with Gasteiger partial charge in [0.15, 0.2) is 0 Å². The summed E-state index contributed by atoms with van der Waals surface area (Å²) in [6.45, 7) is 5.81. The molecule has 0 atom stereocenters. The second-order valence-corrected chi connectivity index (χ2v) is 8.47. The molecule has 164 valence electrons. The highest BCUT2D eigenvalue weighted by molar-refractivity contribution is 6.00. The number of ether oxygens (including phenoxy) is 1. The predicted molar refractivity (Wildman–Crippen MR) is 117 cm³/mol. The van der Waals surface area contributed by atoms with Crippen molar-refractivity contribution in [1.82, 2.24) is 10.6 Å². The van der Waals surface area contributed by atoms with Gasteiger partial charge in [0.2, 0.25) is 11.8 Å². The standard InChI is InChI=1S/C23H33N3O4/c1-23(2,3)30-22(29)24-14-13-20(27)25-16-18-11-7-8-12-19(18)26-21(28)15-17-9-5-4-6-10-17/h7-8,11-12,15H,4-6,9-10,13-14,16H2,1-3H3,(H,24,29)(H,25,27)(H,26,28). The molecular formula is C23H33N3O4. The third-order valence-electron chi connectivity index (χ3n) is 4.60. The lowest BCUT2D eigenvalue weighted by atomic mass is 9.94. The maximum atomic E-state index is 12.3. The van der Waals surface area contributed by atoms with Crippen molar-refractivity contribution < 1.29 is 19.1 Å². The Bertz CT molecular complexity index is 773. The first kappa shape index (κ1) is 23.4. The Balaban J connectivity index is 1.79. The van der Waals surface area contributed by atoms with Gasteiger partial charge in [0, 0.05) is 31.3 Å². The van der Waals surface area contributed by atoms with Crippen molar-refractivity contribution in [2.24, 2.45) is 0 Å². The first-order valence-corrected chi connectivity index (χ1v) is 10.5. The average Bonchev–Trinajstić information content (AvgIpc) is 2.66. The molecule has 1 saturated carbocycles. The highest BCUT2D eigenvalue weighted by atomic mass is 16.6. The van der Waals surface area contributed by atoms with Gasteiger partial charge in [0.05, 0.1) is 0 Å². The Hall–Kier alpha value is -2.83. The van der Waals surface area contributed by atoms with E-state index in [-0.39, 0.29) is 31.3 Å². The molecule has 0 aliphatic heterocycles. The number of alkyl carbamates (subject to hydrolysis) is 1. The van der Waals surface area contributed by atoms with Crippen LogP contribution in [0.5, 0.6) is 0 Å². The molecule has 1 aliphatic carbocycles. The molecule has 0 bridgehead atoms. The molecule has 2 rings (SSSR count). The first-order chi connectivity index (χ1) is 14.2. The lowest BCUT2D eigenvalue weighted by Gasteiger charge is -2.19. The van der Waals surface area contributed by atoms with Gasteiger partial charge in [-0.05, 0) is 58.1 Å². The molecule has 1 aromatic carbocycles. The summed E-state index contributed by atoms with van der Waals surface area (Å²) < 4.78 is 5.13. The van der Waals surface area contributed by atoms with Crippen molar-refractivity contribution in [1.29, 1.82) is 0 Å². The van der Waals surface area contributed by atoms with Gasteiger partial charge in [-0.25, -0.2) is 4.79 Å². The fourth-order valence-electron chi connectivity index (χ4n) is 3.18. The monoisotopic (exact) mass is 415 g/mol. The number of anilines is 1. The number of carbonyl (C=O) groups is 3. The number of amides is 3. The third kappa shape index (κ3) is 9.11. The molecule has 0 unspecified atom stereocenters. The van der Waals surface area contributed by atoms with E-state index in [4.69, 9.17) is 4.74 Å². The van der Waals surface area contributed by atoms with Crippen molar-refractivity contribution >= 4 is 23.6 Å². The van der Waals surface area contributed by atoms with Gasteiger partial charge in [-0.2, -0.15) is 0 Å². The van der Waals surface area contributed by atoms with Crippen LogP contribution in [0.2, 0.25) is 0 Å². The normalized spacial score (nSPS) is 13.9. The minimum absolute atomic E-state index is 0.132. The smallest absolute Gasteiger partial charge is 0.407 e. The van der Waals surface area contributed by atoms with Gasteiger partial charge < -0.3 is 20.7 Å². The molecule has 7 heteroatoms. The van der Waals surface area contributed by atoms with Gasteiger partial charge in [0.1, 0.15) is 5.60 Å². The van der Waals surface area contributed by atoms with Crippen LogP contribution in [0.4, 0.5) is 10.5 Å². The highest BCUT2D eigenvalue weighted by Crippen LogP contribution is 2.23. The summed E-state index contributed by atoms with van der Waals surface area (Å²) >= 11 is 0. The number of carbonyl (C=O) groups excluding carboxylic acids is 3. The number of rotatable bonds is 7. The Morgan fingerprint density at radius 1 is 1.03 bits per heavy atom. The Morgan fingerprint density at radius 2 is 1.73 bits per heavy atom. The maximum Gasteiger partial charge on any atom is 0.407 e. The quantitative estimate of drug-likeness (QED) is 0.586. The van der Waals surface area contributed by atoms with Crippen molar-refractivity contribution in [3.8, 4) is 0 Å². The van der Waals surface area contributed by atoms with Crippen LogP contribution in [0, 0.1) is 0 Å². The van der Waals surface area contributed by atoms with E-state index in [9.17, 15) is 14.4 Å². The molecule has 0 aromatic heterocycles. The molecule has 1 fully saturated rings. The van der Waals surface area contributed by atoms with Gasteiger partial charge in [-0.3, -0.25) is 9.59 Å². The van der Waals surface area contributed by atoms with Crippen molar-refractivity contribution in [3.63, 3.8) is 0 Å². The Labute approximate surface area is 178 Å². The molecule has 3 amide bonds. The van der Waals surface area contributed by atoms with Crippen LogP contribution in [0.25, 0.3) is 0 Å². The van der Waals surface area contributed by atoms with Crippen molar-refractivity contribution in [2.45, 2.75) is 71.4 Å². The van der Waals surface area contributed by atoms with Crippen LogP contribution in [0.3, 0.4) is 0 Å². The van der Waals surface area contributed by atoms with Crippen LogP contribution in [-0.2, 0) is 20.9 Å². The molecule has 1 aliphatic rings. The number of allylic oxidation sites excluding steroid dienone is 1. The van der Waals surface area contributed by atoms with E-state index in [0.717, 1.165) is 31.2 Å². The fourth-order valence-corrected chi connectivity index (χ4v) is 3.18. The molecule has 0 heterocycles. The van der Waals surface area contributed by atoms with Crippen molar-refractivity contribution in [2.75, 3.05) is 11.9 Å². The van der Waals surface area contributed by atoms with Crippen molar-refractivity contribution in [3.05, 3.63) is 41.5 Å². The second kappa shape index (κ2) is 11.4. The summed E-state index contributed by atoms with van der Waals surface area (Å²) in [6, 6.07) is 7.39. The summed E-state index contributed by atoms with van der Waals surface area (Å²) in [6.07, 6.45) is 6.79. The lowest BCUT2D eigenvalue weighted by Crippen LogP contribution is -2.35. The molecule has 1 aromatic rings. The van der Waals surface area contributed by atoms with E-state index in [1.54, 1.807) is 26.8 Å². The van der Waals surface area contributed by atoms with E-state index in [1.165, 1.54) is 12.0 Å². The first-order valence-electron chi connectivity index (χ1n) is 10.5. The molecule has 0 spiro atoms. The van der Waals surface area contributed by atoms with E-state index >= 15 is 0 Å². The zero-order valence-corrected chi connectivity index (χ0v) is 18.2. The van der Waals surface area contributed by atoms with Gasteiger partial charge in [-0.1, -0.05) is 30.2 Å². The zero-order chi connectivity index (χ0) is 22.0. The molecular weight excluding hydrogens is 382 g/mol. The largest absolute Gasteiger partial charge is 0.444 e. The minimum atomic E-state index is -0.576. The van der Waals surface area contributed by atoms with Crippen LogP contribution >= 0.6 is 0 Å².